The Bertz CT molecular complexity index is 985. The first-order chi connectivity index (χ1) is 13.0. The van der Waals surface area contributed by atoms with E-state index in [-0.39, 0.29) is 11.7 Å². The van der Waals surface area contributed by atoms with Crippen LogP contribution in [0.5, 0.6) is 0 Å². The third-order valence-corrected chi connectivity index (χ3v) is 4.89. The molecule has 5 nitrogen and oxygen atoms in total. The summed E-state index contributed by atoms with van der Waals surface area (Å²) >= 11 is 1.39. The van der Waals surface area contributed by atoms with E-state index in [1.165, 1.54) is 18.3 Å². The Hall–Kier alpha value is -3.25. The van der Waals surface area contributed by atoms with Gasteiger partial charge in [0.1, 0.15) is 5.82 Å². The lowest BCUT2D eigenvalue weighted by atomic mass is 10.1. The number of thiophene rings is 1. The number of carbonyl (C=O) groups is 2. The van der Waals surface area contributed by atoms with E-state index in [4.69, 9.17) is 0 Å². The van der Waals surface area contributed by atoms with E-state index in [1.807, 2.05) is 53.7 Å². The van der Waals surface area contributed by atoms with Gasteiger partial charge in [-0.05, 0) is 29.7 Å². The van der Waals surface area contributed by atoms with Gasteiger partial charge in [-0.15, -0.1) is 11.3 Å². The number of anilines is 1. The fourth-order valence-electron chi connectivity index (χ4n) is 2.82. The Morgan fingerprint density at radius 3 is 2.74 bits per heavy atom. The van der Waals surface area contributed by atoms with E-state index < -0.39 is 0 Å². The molecule has 3 rings (SSSR count). The molecule has 0 spiro atoms. The van der Waals surface area contributed by atoms with Crippen molar-refractivity contribution >= 4 is 40.6 Å². The lowest BCUT2D eigenvalue weighted by Gasteiger charge is -2.27. The van der Waals surface area contributed by atoms with Crippen LogP contribution in [-0.4, -0.2) is 29.9 Å². The number of rotatable bonds is 5. The van der Waals surface area contributed by atoms with Crippen LogP contribution in [0.25, 0.3) is 5.70 Å². The first-order valence-electron chi connectivity index (χ1n) is 8.32. The molecule has 1 amide bonds. The Morgan fingerprint density at radius 1 is 1.26 bits per heavy atom. The summed E-state index contributed by atoms with van der Waals surface area (Å²) in [6.07, 6.45) is 5.08. The van der Waals surface area contributed by atoms with E-state index >= 15 is 0 Å². The number of Topliss-reactive ketones (excluding diaryl/α,β-unsaturated/α-hetero) is 1. The highest BCUT2D eigenvalue weighted by Crippen LogP contribution is 2.30. The summed E-state index contributed by atoms with van der Waals surface area (Å²) < 4.78 is 0. The predicted octanol–water partition coefficient (Wildman–Crippen LogP) is 4.34. The van der Waals surface area contributed by atoms with Crippen LogP contribution < -0.4 is 5.32 Å². The monoisotopic (exact) mass is 377 g/mol. The average Bonchev–Trinajstić information content (AvgIpc) is 3.18. The van der Waals surface area contributed by atoms with Crippen LogP contribution in [0.3, 0.4) is 0 Å². The predicted molar refractivity (Wildman–Crippen MR) is 111 cm³/mol. The van der Waals surface area contributed by atoms with E-state index in [2.05, 4.69) is 16.9 Å². The van der Waals surface area contributed by atoms with Crippen molar-refractivity contribution in [1.82, 2.24) is 4.90 Å². The quantitative estimate of drug-likeness (QED) is 0.623. The maximum atomic E-state index is 12.8. The van der Waals surface area contributed by atoms with Crippen molar-refractivity contribution < 1.29 is 9.59 Å². The molecule has 0 saturated carbocycles. The number of nitrogens with one attached hydrogen (secondary N) is 1. The van der Waals surface area contributed by atoms with E-state index in [9.17, 15) is 9.59 Å². The molecule has 2 aromatic rings. The van der Waals surface area contributed by atoms with Crippen molar-refractivity contribution in [3.63, 3.8) is 0 Å². The van der Waals surface area contributed by atoms with Gasteiger partial charge in [0, 0.05) is 31.4 Å². The molecule has 0 bridgehead atoms. The van der Waals surface area contributed by atoms with Crippen LogP contribution in [0.4, 0.5) is 5.69 Å². The Kier molecular flexibility index (Phi) is 5.47. The molecule has 1 aromatic carbocycles. The van der Waals surface area contributed by atoms with Crippen LogP contribution in [0.1, 0.15) is 22.2 Å². The van der Waals surface area contributed by atoms with Crippen molar-refractivity contribution in [3.8, 4) is 0 Å². The minimum atomic E-state index is -0.129. The summed E-state index contributed by atoms with van der Waals surface area (Å²) in [5.74, 6) is 0.300. The lowest BCUT2D eigenvalue weighted by molar-refractivity contribution is -0.114. The molecule has 2 heterocycles. The second kappa shape index (κ2) is 7.97. The molecule has 0 saturated heterocycles. The molecule has 6 heteroatoms. The minimum absolute atomic E-state index is 0.104. The van der Waals surface area contributed by atoms with Gasteiger partial charge in [-0.25, -0.2) is 4.99 Å². The summed E-state index contributed by atoms with van der Waals surface area (Å²) in [5, 5.41) is 4.65. The zero-order valence-electron chi connectivity index (χ0n) is 15.1. The lowest BCUT2D eigenvalue weighted by Crippen LogP contribution is -2.21. The summed E-state index contributed by atoms with van der Waals surface area (Å²) in [6.45, 7) is 5.28. The van der Waals surface area contributed by atoms with Crippen LogP contribution in [-0.2, 0) is 4.79 Å². The summed E-state index contributed by atoms with van der Waals surface area (Å²) in [7, 11) is 1.86. The number of ketones is 1. The number of carbonyl (C=O) groups excluding carboxylic acids is 2. The number of hydrogen-bond donors (Lipinski definition) is 1. The molecule has 1 aliphatic rings. The van der Waals surface area contributed by atoms with Gasteiger partial charge in [0.15, 0.2) is 0 Å². The van der Waals surface area contributed by atoms with Crippen LogP contribution in [0, 0.1) is 0 Å². The second-order valence-corrected chi connectivity index (χ2v) is 6.85. The molecule has 1 N–H and O–H groups in total. The fourth-order valence-corrected chi connectivity index (χ4v) is 3.49. The Labute approximate surface area is 162 Å². The van der Waals surface area contributed by atoms with Crippen LogP contribution in [0.15, 0.2) is 76.9 Å². The van der Waals surface area contributed by atoms with Gasteiger partial charge in [-0.1, -0.05) is 30.9 Å². The van der Waals surface area contributed by atoms with Gasteiger partial charge < -0.3 is 10.2 Å². The fraction of sp³-hybridized carbons (Fsp3) is 0.0952. The van der Waals surface area contributed by atoms with E-state index in [0.717, 1.165) is 11.3 Å². The number of hydrogen-bond acceptors (Lipinski definition) is 5. The molecule has 27 heavy (non-hydrogen) atoms. The maximum absolute atomic E-state index is 12.8. The number of benzene rings is 1. The zero-order valence-corrected chi connectivity index (χ0v) is 15.9. The maximum Gasteiger partial charge on any atom is 0.221 e. The Balaban J connectivity index is 1.98. The molecular formula is C21H19N3O2S. The van der Waals surface area contributed by atoms with Crippen molar-refractivity contribution in [1.29, 1.82) is 0 Å². The zero-order chi connectivity index (χ0) is 19.4. The topological polar surface area (TPSA) is 61.8 Å². The average molecular weight is 377 g/mol. The third kappa shape index (κ3) is 3.96. The number of allylic oxidation sites excluding steroid dienone is 3. The van der Waals surface area contributed by atoms with Crippen molar-refractivity contribution in [2.24, 2.45) is 4.99 Å². The second-order valence-electron chi connectivity index (χ2n) is 5.90. The van der Waals surface area contributed by atoms with Crippen molar-refractivity contribution in [2.75, 3.05) is 12.4 Å². The van der Waals surface area contributed by atoms with Gasteiger partial charge >= 0.3 is 0 Å². The van der Waals surface area contributed by atoms with E-state index in [1.54, 1.807) is 18.4 Å². The summed E-state index contributed by atoms with van der Waals surface area (Å²) in [6, 6.07) is 11.2. The molecule has 0 aliphatic carbocycles. The van der Waals surface area contributed by atoms with Gasteiger partial charge in [0.2, 0.25) is 11.7 Å². The molecule has 1 aliphatic heterocycles. The standard InChI is InChI=1S/C21H19N3O2S/c1-4-17(20(26)19-9-6-12-27-19)21-22-11-10-18(24(21)3)15-7-5-8-16(13-15)23-14(2)25/h4-13H,1H2,2-3H3,(H,23,25)/b21-17+. The normalized spacial score (nSPS) is 15.2. The highest BCUT2D eigenvalue weighted by atomic mass is 32.1. The van der Waals surface area contributed by atoms with Gasteiger partial charge in [0.25, 0.3) is 0 Å². The van der Waals surface area contributed by atoms with Crippen LogP contribution >= 0.6 is 11.3 Å². The SMILES string of the molecule is C=C/C(C(=O)c1cccs1)=C1/N=CC=C(c2cccc(NC(C)=O)c2)N1C. The molecule has 0 radical (unpaired) electrons. The molecular weight excluding hydrogens is 358 g/mol. The highest BCUT2D eigenvalue weighted by Gasteiger charge is 2.22. The highest BCUT2D eigenvalue weighted by molar-refractivity contribution is 7.12. The molecule has 136 valence electrons. The molecule has 0 fully saturated rings. The summed E-state index contributed by atoms with van der Waals surface area (Å²) in [4.78, 5) is 31.0. The minimum Gasteiger partial charge on any atom is -0.328 e. The Morgan fingerprint density at radius 2 is 2.07 bits per heavy atom. The summed E-state index contributed by atoms with van der Waals surface area (Å²) in [5.41, 5.74) is 2.92. The number of nitrogens with zero attached hydrogens (tertiary/aromatic N) is 2. The van der Waals surface area contributed by atoms with Gasteiger partial charge in [-0.2, -0.15) is 0 Å². The number of amides is 1. The molecule has 0 atom stereocenters. The van der Waals surface area contributed by atoms with Crippen LogP contribution in [0.2, 0.25) is 0 Å². The van der Waals surface area contributed by atoms with E-state index in [0.29, 0.717) is 22.0 Å². The molecule has 0 unspecified atom stereocenters. The van der Waals surface area contributed by atoms with Crippen molar-refractivity contribution in [3.05, 3.63) is 82.3 Å². The van der Waals surface area contributed by atoms with Crippen molar-refractivity contribution in [2.45, 2.75) is 6.92 Å². The first kappa shape index (κ1) is 18.5. The molecule has 1 aromatic heterocycles. The first-order valence-corrected chi connectivity index (χ1v) is 9.20. The van der Waals surface area contributed by atoms with Gasteiger partial charge in [0.05, 0.1) is 16.1 Å². The largest absolute Gasteiger partial charge is 0.328 e. The van der Waals surface area contributed by atoms with Gasteiger partial charge in [-0.3, -0.25) is 9.59 Å². The smallest absolute Gasteiger partial charge is 0.221 e. The number of aliphatic imine (C=N–C) groups is 1. The third-order valence-electron chi connectivity index (χ3n) is 4.02.